The fourth-order valence-electron chi connectivity index (χ4n) is 2.27. The molecule has 1 aliphatic carbocycles. The van der Waals surface area contributed by atoms with E-state index in [-0.39, 0.29) is 6.92 Å². The largest absolute Gasteiger partial charge is 0.467 e. The first-order chi connectivity index (χ1) is 10.7. The van der Waals surface area contributed by atoms with Gasteiger partial charge in [0.25, 0.3) is 5.67 Å². The van der Waals surface area contributed by atoms with Gasteiger partial charge in [0, 0.05) is 6.42 Å². The lowest BCUT2D eigenvalue weighted by atomic mass is 9.68. The Morgan fingerprint density at radius 3 is 1.36 bits per heavy atom. The van der Waals surface area contributed by atoms with Crippen LogP contribution in [0.5, 0.6) is 0 Å². The summed E-state index contributed by atoms with van der Waals surface area (Å²) in [6.45, 7) is 0.00928. The number of aliphatic hydroxyl groups is 1. The number of ether oxygens (including phenoxy) is 1. The van der Waals surface area contributed by atoms with Crippen molar-refractivity contribution in [3.8, 4) is 0 Å². The SMILES string of the molecule is COC(=O)C(C)(O)CC1(F)C(F)(F)C(F)(F)C(F)(F)C(F)(F)C1(F)F. The molecule has 0 aromatic rings. The third-order valence-electron chi connectivity index (χ3n) is 3.79. The predicted molar refractivity (Wildman–Crippen MR) is 55.8 cm³/mol. The summed E-state index contributed by atoms with van der Waals surface area (Å²) in [5.41, 5.74) is -10.2. The summed E-state index contributed by atoms with van der Waals surface area (Å²) in [5.74, 6) is -38.3. The molecular weight excluding hydrogens is 389 g/mol. The fraction of sp³-hybridized carbons (Fsp3) is 0.909. The Bertz CT molecular complexity index is 540. The van der Waals surface area contributed by atoms with E-state index in [2.05, 4.69) is 4.74 Å². The van der Waals surface area contributed by atoms with Crippen LogP contribution in [0.4, 0.5) is 48.3 Å². The maximum absolute atomic E-state index is 14.3. The summed E-state index contributed by atoms with van der Waals surface area (Å²) >= 11 is 0. The van der Waals surface area contributed by atoms with Gasteiger partial charge in [-0.25, -0.2) is 9.18 Å². The lowest BCUT2D eigenvalue weighted by Crippen LogP contribution is -2.84. The predicted octanol–water partition coefficient (Wildman–Crippen LogP) is 3.20. The molecule has 3 nitrogen and oxygen atoms in total. The summed E-state index contributed by atoms with van der Waals surface area (Å²) in [7, 11) is 0.427. The minimum atomic E-state index is -7.35. The van der Waals surface area contributed by atoms with Crippen molar-refractivity contribution in [3.05, 3.63) is 0 Å². The summed E-state index contributed by atoms with van der Waals surface area (Å²) in [6.07, 6.45) is -3.09. The first-order valence-electron chi connectivity index (χ1n) is 6.08. The molecule has 1 fully saturated rings. The van der Waals surface area contributed by atoms with Crippen molar-refractivity contribution in [1.82, 2.24) is 0 Å². The van der Waals surface area contributed by atoms with Gasteiger partial charge in [-0.3, -0.25) is 0 Å². The molecule has 0 saturated heterocycles. The van der Waals surface area contributed by atoms with Gasteiger partial charge >= 0.3 is 35.6 Å². The van der Waals surface area contributed by atoms with Crippen molar-refractivity contribution in [3.63, 3.8) is 0 Å². The van der Waals surface area contributed by atoms with Gasteiger partial charge in [-0.15, -0.1) is 0 Å². The van der Waals surface area contributed by atoms with Crippen LogP contribution >= 0.6 is 0 Å². The highest BCUT2D eigenvalue weighted by molar-refractivity contribution is 5.78. The van der Waals surface area contributed by atoms with Crippen LogP contribution in [-0.2, 0) is 9.53 Å². The Kier molecular flexibility index (Phi) is 4.43. The number of carbonyl (C=O) groups excluding carboxylic acids is 1. The molecule has 148 valence electrons. The van der Waals surface area contributed by atoms with E-state index in [0.29, 0.717) is 7.11 Å². The summed E-state index contributed by atoms with van der Waals surface area (Å²) in [5, 5.41) is 9.38. The van der Waals surface area contributed by atoms with E-state index in [9.17, 15) is 58.2 Å². The highest BCUT2D eigenvalue weighted by atomic mass is 19.4. The molecule has 0 aromatic heterocycles. The van der Waals surface area contributed by atoms with Crippen LogP contribution in [0.2, 0.25) is 0 Å². The van der Waals surface area contributed by atoms with Gasteiger partial charge in [0.2, 0.25) is 0 Å². The fourth-order valence-corrected chi connectivity index (χ4v) is 2.27. The Hall–Kier alpha value is -1.34. The quantitative estimate of drug-likeness (QED) is 0.587. The van der Waals surface area contributed by atoms with E-state index in [1.54, 1.807) is 0 Å². The number of methoxy groups -OCH3 is 1. The molecule has 0 spiro atoms. The lowest BCUT2D eigenvalue weighted by molar-refractivity contribution is -0.487. The van der Waals surface area contributed by atoms with E-state index in [0.717, 1.165) is 0 Å². The molecule has 0 radical (unpaired) electrons. The molecule has 1 aliphatic rings. The van der Waals surface area contributed by atoms with Crippen LogP contribution in [-0.4, -0.2) is 59.1 Å². The topological polar surface area (TPSA) is 46.5 Å². The number of carbonyl (C=O) groups is 1. The number of alkyl halides is 11. The number of hydrogen-bond acceptors (Lipinski definition) is 3. The zero-order valence-electron chi connectivity index (χ0n) is 12.1. The normalized spacial score (nSPS) is 30.2. The molecule has 0 amide bonds. The Balaban J connectivity index is 3.75. The number of rotatable bonds is 3. The van der Waals surface area contributed by atoms with Crippen LogP contribution in [0.25, 0.3) is 0 Å². The minimum Gasteiger partial charge on any atom is -0.467 e. The molecule has 1 saturated carbocycles. The first-order valence-corrected chi connectivity index (χ1v) is 6.08. The van der Waals surface area contributed by atoms with Crippen molar-refractivity contribution in [2.24, 2.45) is 0 Å². The monoisotopic (exact) mass is 398 g/mol. The van der Waals surface area contributed by atoms with Gasteiger partial charge < -0.3 is 9.84 Å². The van der Waals surface area contributed by atoms with Crippen LogP contribution < -0.4 is 0 Å². The molecule has 0 bridgehead atoms. The van der Waals surface area contributed by atoms with E-state index in [1.807, 2.05) is 0 Å². The molecule has 1 atom stereocenters. The van der Waals surface area contributed by atoms with Crippen molar-refractivity contribution in [1.29, 1.82) is 0 Å². The summed E-state index contributed by atoms with van der Waals surface area (Å²) in [6, 6.07) is 0. The molecule has 0 aliphatic heterocycles. The average Bonchev–Trinajstić information content (AvgIpc) is 2.43. The zero-order valence-corrected chi connectivity index (χ0v) is 12.1. The Morgan fingerprint density at radius 1 is 0.800 bits per heavy atom. The van der Waals surface area contributed by atoms with Crippen LogP contribution in [0.15, 0.2) is 0 Å². The minimum absolute atomic E-state index is 0.00928. The van der Waals surface area contributed by atoms with Gasteiger partial charge in [-0.05, 0) is 6.92 Å². The van der Waals surface area contributed by atoms with E-state index in [1.165, 1.54) is 0 Å². The highest BCUT2D eigenvalue weighted by Gasteiger charge is 3.01. The van der Waals surface area contributed by atoms with Crippen molar-refractivity contribution < 1.29 is 62.9 Å². The molecule has 1 unspecified atom stereocenters. The van der Waals surface area contributed by atoms with Crippen LogP contribution in [0, 0.1) is 0 Å². The van der Waals surface area contributed by atoms with Crippen LogP contribution in [0.3, 0.4) is 0 Å². The average molecular weight is 398 g/mol. The van der Waals surface area contributed by atoms with E-state index in [4.69, 9.17) is 0 Å². The van der Waals surface area contributed by atoms with Gasteiger partial charge in [0.05, 0.1) is 7.11 Å². The van der Waals surface area contributed by atoms with Crippen molar-refractivity contribution in [2.75, 3.05) is 7.11 Å². The standard InChI is InChI=1S/C11H9F11O3/c1-5(24,4(23)25-2)3-6(12)7(13,14)9(17,18)11(21,22)10(19,20)8(6,15)16/h24H,3H2,1-2H3. The summed E-state index contributed by atoms with van der Waals surface area (Å²) in [4.78, 5) is 11.1. The second kappa shape index (κ2) is 5.10. The zero-order chi connectivity index (χ0) is 20.5. The summed E-state index contributed by atoms with van der Waals surface area (Å²) < 4.78 is 151. The number of esters is 1. The van der Waals surface area contributed by atoms with Crippen molar-refractivity contribution in [2.45, 2.75) is 54.2 Å². The highest BCUT2D eigenvalue weighted by Crippen LogP contribution is 2.70. The lowest BCUT2D eigenvalue weighted by Gasteiger charge is -2.53. The smallest absolute Gasteiger partial charge is 0.384 e. The second-order valence-corrected chi connectivity index (χ2v) is 5.62. The first kappa shape index (κ1) is 21.7. The Morgan fingerprint density at radius 2 is 1.08 bits per heavy atom. The molecule has 1 N–H and O–H groups in total. The number of hydrogen-bond donors (Lipinski definition) is 1. The maximum atomic E-state index is 14.3. The molecule has 14 heteroatoms. The van der Waals surface area contributed by atoms with Gasteiger partial charge in [-0.2, -0.15) is 43.9 Å². The molecule has 0 aromatic carbocycles. The van der Waals surface area contributed by atoms with Crippen molar-refractivity contribution >= 4 is 5.97 Å². The second-order valence-electron chi connectivity index (χ2n) is 5.62. The molecular formula is C11H9F11O3. The maximum Gasteiger partial charge on any atom is 0.384 e. The Labute approximate surface area is 131 Å². The van der Waals surface area contributed by atoms with E-state index < -0.39 is 53.3 Å². The third kappa shape index (κ3) is 2.18. The van der Waals surface area contributed by atoms with Gasteiger partial charge in [0.15, 0.2) is 5.60 Å². The van der Waals surface area contributed by atoms with Gasteiger partial charge in [-0.1, -0.05) is 0 Å². The van der Waals surface area contributed by atoms with Gasteiger partial charge in [0.1, 0.15) is 0 Å². The van der Waals surface area contributed by atoms with Crippen LogP contribution in [0.1, 0.15) is 13.3 Å². The molecule has 0 heterocycles. The molecule has 25 heavy (non-hydrogen) atoms. The molecule has 1 rings (SSSR count). The third-order valence-corrected chi connectivity index (χ3v) is 3.79. The van der Waals surface area contributed by atoms with E-state index >= 15 is 0 Å². The number of halogens is 11.